The average molecular weight is 409 g/mol. The first-order valence-electron chi connectivity index (χ1n) is 10.3. The lowest BCUT2D eigenvalue weighted by Gasteiger charge is -2.36. The van der Waals surface area contributed by atoms with Crippen molar-refractivity contribution in [1.29, 1.82) is 5.26 Å². The van der Waals surface area contributed by atoms with Gasteiger partial charge in [-0.1, -0.05) is 6.92 Å². The molecule has 2 aliphatic heterocycles. The second kappa shape index (κ2) is 8.66. The molecule has 2 fully saturated rings. The van der Waals surface area contributed by atoms with Crippen LogP contribution < -0.4 is 9.64 Å². The maximum atomic E-state index is 14.1. The van der Waals surface area contributed by atoms with Crippen LogP contribution in [0.4, 0.5) is 10.3 Å². The number of hydrogen-bond acceptors (Lipinski definition) is 6. The molecule has 156 valence electrons. The van der Waals surface area contributed by atoms with Gasteiger partial charge in [-0.3, -0.25) is 4.79 Å². The molecule has 2 saturated heterocycles. The highest BCUT2D eigenvalue weighted by Gasteiger charge is 2.39. The summed E-state index contributed by atoms with van der Waals surface area (Å²) < 4.78 is 19.7. The molecule has 0 bridgehead atoms. The van der Waals surface area contributed by atoms with Gasteiger partial charge in [0.25, 0.3) is 5.91 Å². The van der Waals surface area contributed by atoms with Crippen molar-refractivity contribution in [2.24, 2.45) is 0 Å². The minimum Gasteiger partial charge on any atom is -0.477 e. The molecule has 0 radical (unpaired) electrons. The largest absolute Gasteiger partial charge is 0.477 e. The summed E-state index contributed by atoms with van der Waals surface area (Å²) in [6.07, 6.45) is 6.15. The molecule has 1 atom stereocenters. The third-order valence-corrected chi connectivity index (χ3v) is 5.81. The first-order chi connectivity index (χ1) is 14.6. The van der Waals surface area contributed by atoms with E-state index in [1.165, 1.54) is 12.1 Å². The van der Waals surface area contributed by atoms with Gasteiger partial charge in [-0.2, -0.15) is 5.26 Å². The summed E-state index contributed by atoms with van der Waals surface area (Å²) >= 11 is 0. The van der Waals surface area contributed by atoms with Crippen molar-refractivity contribution in [2.75, 3.05) is 24.5 Å². The van der Waals surface area contributed by atoms with Gasteiger partial charge < -0.3 is 14.5 Å². The van der Waals surface area contributed by atoms with E-state index in [0.717, 1.165) is 49.9 Å². The quantitative estimate of drug-likeness (QED) is 0.755. The summed E-state index contributed by atoms with van der Waals surface area (Å²) in [4.78, 5) is 25.8. The van der Waals surface area contributed by atoms with E-state index < -0.39 is 11.9 Å². The van der Waals surface area contributed by atoms with E-state index in [9.17, 15) is 9.18 Å². The summed E-state index contributed by atoms with van der Waals surface area (Å²) in [7, 11) is 0. The lowest BCUT2D eigenvalue weighted by molar-refractivity contribution is -0.135. The van der Waals surface area contributed by atoms with Crippen LogP contribution in [0.2, 0.25) is 0 Å². The molecule has 1 aromatic carbocycles. The lowest BCUT2D eigenvalue weighted by atomic mass is 10.0. The number of aryl methyl sites for hydroxylation is 1. The van der Waals surface area contributed by atoms with Gasteiger partial charge in [0.15, 0.2) is 17.7 Å². The fourth-order valence-electron chi connectivity index (χ4n) is 4.04. The zero-order valence-electron chi connectivity index (χ0n) is 16.9. The van der Waals surface area contributed by atoms with Crippen molar-refractivity contribution in [3.05, 3.63) is 47.5 Å². The molecule has 0 unspecified atom stereocenters. The molecule has 8 heteroatoms. The van der Waals surface area contributed by atoms with Gasteiger partial charge in [0, 0.05) is 44.5 Å². The van der Waals surface area contributed by atoms with Gasteiger partial charge in [0.2, 0.25) is 5.95 Å². The number of nitriles is 1. The number of nitrogens with zero attached hydrogens (tertiary/aromatic N) is 5. The Morgan fingerprint density at radius 2 is 1.93 bits per heavy atom. The zero-order valence-corrected chi connectivity index (χ0v) is 16.9. The molecule has 2 aromatic rings. The summed E-state index contributed by atoms with van der Waals surface area (Å²) in [5.41, 5.74) is 1.33. The maximum Gasteiger partial charge on any atom is 0.263 e. The molecule has 4 rings (SSSR count). The lowest BCUT2D eigenvalue weighted by Crippen LogP contribution is -2.47. The number of aromatic nitrogens is 2. The third kappa shape index (κ3) is 4.06. The number of anilines is 1. The minimum absolute atomic E-state index is 0.0108. The molecule has 1 aromatic heterocycles. The molecule has 2 aliphatic rings. The molecule has 0 spiro atoms. The van der Waals surface area contributed by atoms with Crippen LogP contribution in [0.3, 0.4) is 0 Å². The molecule has 0 saturated carbocycles. The molecule has 0 aliphatic carbocycles. The van der Waals surface area contributed by atoms with Crippen molar-refractivity contribution in [2.45, 2.75) is 44.8 Å². The Hall–Kier alpha value is -3.21. The minimum atomic E-state index is -0.685. The fraction of sp³-hybridized carbons (Fsp3) is 0.455. The second-order valence-electron chi connectivity index (χ2n) is 7.65. The van der Waals surface area contributed by atoms with Crippen molar-refractivity contribution >= 4 is 11.9 Å². The van der Waals surface area contributed by atoms with Crippen LogP contribution in [-0.2, 0) is 11.2 Å². The highest BCUT2D eigenvalue weighted by molar-refractivity contribution is 5.83. The summed E-state index contributed by atoms with van der Waals surface area (Å²) in [5, 5.41) is 8.84. The van der Waals surface area contributed by atoms with E-state index in [-0.39, 0.29) is 23.3 Å². The Morgan fingerprint density at radius 3 is 2.57 bits per heavy atom. The first-order valence-corrected chi connectivity index (χ1v) is 10.3. The SMILES string of the molecule is CCc1cnc(N2CCC(N3CC[C@H](Oc4ccc(C#N)cc4F)C3=O)CC2)nc1. The number of rotatable bonds is 5. The van der Waals surface area contributed by atoms with Crippen LogP contribution in [0, 0.1) is 17.1 Å². The predicted molar refractivity (Wildman–Crippen MR) is 109 cm³/mol. The number of piperidine rings is 1. The number of carbonyl (C=O) groups is 1. The monoisotopic (exact) mass is 409 g/mol. The standard InChI is InChI=1S/C22H24FN5O2/c1-2-15-13-25-22(26-14-15)27-8-5-17(6-9-27)28-10-7-20(21(28)29)30-19-4-3-16(12-24)11-18(19)23/h3-4,11,13-14,17,20H,2,5-10H2,1H3/t20-/m0/s1. The van der Waals surface area contributed by atoms with Crippen LogP contribution in [0.1, 0.15) is 37.3 Å². The molecule has 1 amide bonds. The van der Waals surface area contributed by atoms with Gasteiger partial charge in [-0.15, -0.1) is 0 Å². The fourth-order valence-corrected chi connectivity index (χ4v) is 4.04. The Labute approximate surface area is 175 Å². The number of halogens is 1. The Morgan fingerprint density at radius 1 is 1.20 bits per heavy atom. The highest BCUT2D eigenvalue weighted by atomic mass is 19.1. The molecule has 3 heterocycles. The number of carbonyl (C=O) groups excluding carboxylic acids is 1. The van der Waals surface area contributed by atoms with Crippen molar-refractivity contribution in [3.63, 3.8) is 0 Å². The smallest absolute Gasteiger partial charge is 0.263 e. The number of likely N-dealkylation sites (tertiary alicyclic amines) is 1. The first kappa shape index (κ1) is 20.1. The van der Waals surface area contributed by atoms with E-state index in [4.69, 9.17) is 10.00 Å². The molecule has 30 heavy (non-hydrogen) atoms. The maximum absolute atomic E-state index is 14.1. The summed E-state index contributed by atoms with van der Waals surface area (Å²) in [5.74, 6) is 0.0241. The topological polar surface area (TPSA) is 82.4 Å². The Kier molecular flexibility index (Phi) is 5.79. The summed E-state index contributed by atoms with van der Waals surface area (Å²) in [6.45, 7) is 4.25. The molecule has 7 nitrogen and oxygen atoms in total. The van der Waals surface area contributed by atoms with Gasteiger partial charge in [0.05, 0.1) is 11.6 Å². The van der Waals surface area contributed by atoms with Crippen LogP contribution in [0.5, 0.6) is 5.75 Å². The Balaban J connectivity index is 1.34. The number of hydrogen-bond donors (Lipinski definition) is 0. The summed E-state index contributed by atoms with van der Waals surface area (Å²) in [6, 6.07) is 6.04. The average Bonchev–Trinajstić information content (AvgIpc) is 3.15. The van der Waals surface area contributed by atoms with E-state index in [1.807, 2.05) is 23.4 Å². The van der Waals surface area contributed by atoms with Crippen molar-refractivity contribution in [3.8, 4) is 11.8 Å². The van der Waals surface area contributed by atoms with Gasteiger partial charge in [-0.25, -0.2) is 14.4 Å². The van der Waals surface area contributed by atoms with E-state index in [0.29, 0.717) is 13.0 Å². The van der Waals surface area contributed by atoms with Crippen LogP contribution in [-0.4, -0.2) is 52.6 Å². The number of amides is 1. The molecular weight excluding hydrogens is 385 g/mol. The van der Waals surface area contributed by atoms with Crippen LogP contribution >= 0.6 is 0 Å². The van der Waals surface area contributed by atoms with Crippen LogP contribution in [0.25, 0.3) is 0 Å². The highest BCUT2D eigenvalue weighted by Crippen LogP contribution is 2.27. The molecule has 0 N–H and O–H groups in total. The number of ether oxygens (including phenoxy) is 1. The number of benzene rings is 1. The van der Waals surface area contributed by atoms with E-state index in [1.54, 1.807) is 0 Å². The van der Waals surface area contributed by atoms with E-state index >= 15 is 0 Å². The zero-order chi connectivity index (χ0) is 21.1. The third-order valence-electron chi connectivity index (χ3n) is 5.81. The van der Waals surface area contributed by atoms with Gasteiger partial charge in [0.1, 0.15) is 0 Å². The second-order valence-corrected chi connectivity index (χ2v) is 7.65. The predicted octanol–water partition coefficient (Wildman–Crippen LogP) is 2.70. The van der Waals surface area contributed by atoms with Crippen molar-refractivity contribution < 1.29 is 13.9 Å². The normalized spacial score (nSPS) is 19.8. The van der Waals surface area contributed by atoms with Gasteiger partial charge >= 0.3 is 0 Å². The van der Waals surface area contributed by atoms with Crippen molar-refractivity contribution in [1.82, 2.24) is 14.9 Å². The molecular formula is C22H24FN5O2. The Bertz CT molecular complexity index is 951. The van der Waals surface area contributed by atoms with E-state index in [2.05, 4.69) is 21.8 Å². The van der Waals surface area contributed by atoms with Gasteiger partial charge in [-0.05, 0) is 43.0 Å². The van der Waals surface area contributed by atoms with Crippen LogP contribution in [0.15, 0.2) is 30.6 Å².